The number of aromatic nitrogens is 3. The highest BCUT2D eigenvalue weighted by atomic mass is 35.5. The summed E-state index contributed by atoms with van der Waals surface area (Å²) in [5.74, 6) is 1.86. The molecular formula is C27H33ClN6O5. The Morgan fingerprint density at radius 1 is 1.21 bits per heavy atom. The number of nitrogens with zero attached hydrogens (tertiary/aromatic N) is 6. The van der Waals surface area contributed by atoms with Gasteiger partial charge in [0.15, 0.2) is 11.5 Å². The van der Waals surface area contributed by atoms with Crippen molar-refractivity contribution in [2.24, 2.45) is 0 Å². The molecule has 2 aliphatic heterocycles. The maximum Gasteiger partial charge on any atom is 0.420 e. The van der Waals surface area contributed by atoms with Crippen LogP contribution in [0.1, 0.15) is 46.1 Å². The minimum Gasteiger partial charge on any atom is -0.494 e. The van der Waals surface area contributed by atoms with Crippen LogP contribution in [-0.4, -0.2) is 74.7 Å². The highest BCUT2D eigenvalue weighted by molar-refractivity contribution is 6.33. The Bertz CT molecular complexity index is 1390. The molecule has 0 spiro atoms. The average Bonchev–Trinajstić information content (AvgIpc) is 3.48. The number of halogens is 1. The number of carbonyl (C=O) groups excluding carboxylic acids is 1. The van der Waals surface area contributed by atoms with Gasteiger partial charge >= 0.3 is 12.2 Å². The van der Waals surface area contributed by atoms with Gasteiger partial charge in [-0.2, -0.15) is 9.61 Å². The molecule has 1 N–H and O–H groups in total. The number of likely N-dealkylation sites (tertiary alicyclic amines) is 1. The molecule has 3 aromatic rings. The molecule has 5 rings (SSSR count). The van der Waals surface area contributed by atoms with Crippen molar-refractivity contribution in [3.8, 4) is 5.75 Å². The zero-order valence-electron chi connectivity index (χ0n) is 22.6. The van der Waals surface area contributed by atoms with Gasteiger partial charge in [0.1, 0.15) is 22.2 Å². The van der Waals surface area contributed by atoms with Crippen molar-refractivity contribution in [3.05, 3.63) is 41.0 Å². The Hall–Kier alpha value is -3.73. The summed E-state index contributed by atoms with van der Waals surface area (Å²) < 4.78 is 13.0. The number of rotatable bonds is 5. The van der Waals surface area contributed by atoms with E-state index in [-0.39, 0.29) is 6.04 Å². The molecule has 2 aromatic heterocycles. The smallest absolute Gasteiger partial charge is 0.420 e. The van der Waals surface area contributed by atoms with Gasteiger partial charge in [0.25, 0.3) is 0 Å². The molecule has 0 aliphatic carbocycles. The fourth-order valence-corrected chi connectivity index (χ4v) is 5.39. The summed E-state index contributed by atoms with van der Waals surface area (Å²) in [7, 11) is 0. The van der Waals surface area contributed by atoms with Crippen molar-refractivity contribution in [2.75, 3.05) is 36.0 Å². The SMILES string of the molecule is CCOc1ccc(N(C(=O)OC(C)(C)C)c2c3c(nc4c(Cl)cnn24)N([C@H]2CCCN(C(=O)O)C2)CC3)cc1. The summed E-state index contributed by atoms with van der Waals surface area (Å²) in [6, 6.07) is 7.18. The summed E-state index contributed by atoms with van der Waals surface area (Å²) in [5, 5.41) is 14.4. The topological polar surface area (TPSA) is 113 Å². The third kappa shape index (κ3) is 5.27. The van der Waals surface area contributed by atoms with Gasteiger partial charge in [-0.3, -0.25) is 0 Å². The van der Waals surface area contributed by atoms with Crippen LogP contribution in [-0.2, 0) is 11.2 Å². The van der Waals surface area contributed by atoms with Crippen LogP contribution in [0.2, 0.25) is 5.02 Å². The van der Waals surface area contributed by atoms with E-state index in [1.807, 2.05) is 27.7 Å². The van der Waals surface area contributed by atoms with Gasteiger partial charge in [0, 0.05) is 31.2 Å². The summed E-state index contributed by atoms with van der Waals surface area (Å²) >= 11 is 6.54. The Morgan fingerprint density at radius 3 is 2.62 bits per heavy atom. The van der Waals surface area contributed by atoms with E-state index in [0.717, 1.165) is 18.4 Å². The van der Waals surface area contributed by atoms with Crippen LogP contribution < -0.4 is 14.5 Å². The largest absolute Gasteiger partial charge is 0.494 e. The molecule has 11 nitrogen and oxygen atoms in total. The summed E-state index contributed by atoms with van der Waals surface area (Å²) in [5.41, 5.74) is 1.05. The molecule has 1 aromatic carbocycles. The standard InChI is InChI=1S/C27H33ClN6O5/c1-5-38-19-10-8-17(9-11-19)33(26(37)39-27(2,3)4)24-20-12-14-32(18-7-6-13-31(16-18)25(35)36)22(20)30-23-21(28)15-29-34(23)24/h8-11,15,18H,5-7,12-14,16H2,1-4H3,(H,35,36)/t18-/m0/s1. The van der Waals surface area contributed by atoms with E-state index in [1.165, 1.54) is 16.0 Å². The third-order valence-electron chi connectivity index (χ3n) is 6.83. The first kappa shape index (κ1) is 26.9. The lowest BCUT2D eigenvalue weighted by molar-refractivity contribution is 0.0597. The maximum absolute atomic E-state index is 13.8. The normalized spacial score (nSPS) is 17.3. The quantitative estimate of drug-likeness (QED) is 0.447. The van der Waals surface area contributed by atoms with Gasteiger partial charge in [-0.15, -0.1) is 0 Å². The van der Waals surface area contributed by atoms with Gasteiger partial charge in [-0.25, -0.2) is 19.5 Å². The number of ether oxygens (including phenoxy) is 2. The number of carboxylic acid groups (broad SMARTS) is 1. The molecule has 2 aliphatic rings. The summed E-state index contributed by atoms with van der Waals surface area (Å²) in [6.07, 6.45) is 2.21. The molecule has 39 heavy (non-hydrogen) atoms. The lowest BCUT2D eigenvalue weighted by Crippen LogP contribution is -2.49. The Labute approximate surface area is 231 Å². The van der Waals surface area contributed by atoms with Crippen molar-refractivity contribution < 1.29 is 24.2 Å². The van der Waals surface area contributed by atoms with Gasteiger partial charge in [-0.1, -0.05) is 11.6 Å². The Balaban J connectivity index is 1.65. The molecule has 1 fully saturated rings. The Morgan fingerprint density at radius 2 is 1.95 bits per heavy atom. The van der Waals surface area contributed by atoms with Crippen molar-refractivity contribution >= 4 is 46.8 Å². The molecule has 0 radical (unpaired) electrons. The van der Waals surface area contributed by atoms with Crippen LogP contribution in [0.25, 0.3) is 5.65 Å². The van der Waals surface area contributed by atoms with E-state index >= 15 is 0 Å². The molecular weight excluding hydrogens is 524 g/mol. The average molecular weight is 557 g/mol. The fourth-order valence-electron chi connectivity index (χ4n) is 5.22. The first-order valence-corrected chi connectivity index (χ1v) is 13.5. The second kappa shape index (κ2) is 10.4. The van der Waals surface area contributed by atoms with E-state index in [4.69, 9.17) is 26.1 Å². The number of hydrogen-bond donors (Lipinski definition) is 1. The van der Waals surface area contributed by atoms with Gasteiger partial charge < -0.3 is 24.4 Å². The van der Waals surface area contributed by atoms with Crippen LogP contribution in [0.15, 0.2) is 30.5 Å². The molecule has 0 bridgehead atoms. The van der Waals surface area contributed by atoms with E-state index in [2.05, 4.69) is 10.00 Å². The predicted octanol–water partition coefficient (Wildman–Crippen LogP) is 5.36. The lowest BCUT2D eigenvalue weighted by Gasteiger charge is -2.37. The first-order chi connectivity index (χ1) is 18.6. The molecule has 4 heterocycles. The molecule has 12 heteroatoms. The highest BCUT2D eigenvalue weighted by Crippen LogP contribution is 2.41. The van der Waals surface area contributed by atoms with Gasteiger partial charge in [0.2, 0.25) is 0 Å². The minimum atomic E-state index is -0.923. The second-order valence-corrected chi connectivity index (χ2v) is 11.1. The molecule has 1 saturated heterocycles. The van der Waals surface area contributed by atoms with Crippen LogP contribution in [0.5, 0.6) is 5.75 Å². The number of anilines is 3. The number of amides is 2. The van der Waals surface area contributed by atoms with Crippen molar-refractivity contribution in [2.45, 2.75) is 58.6 Å². The second-order valence-electron chi connectivity index (χ2n) is 10.7. The molecule has 208 valence electrons. The number of benzene rings is 1. The van der Waals surface area contributed by atoms with Gasteiger partial charge in [0.05, 0.1) is 18.5 Å². The minimum absolute atomic E-state index is 0.0407. The number of fused-ring (bicyclic) bond motifs is 2. The summed E-state index contributed by atoms with van der Waals surface area (Å²) in [6.45, 7) is 9.42. The molecule has 1 atom stereocenters. The third-order valence-corrected chi connectivity index (χ3v) is 7.10. The van der Waals surface area contributed by atoms with Crippen molar-refractivity contribution in [1.29, 1.82) is 0 Å². The molecule has 0 saturated carbocycles. The Kier molecular flexibility index (Phi) is 7.19. The van der Waals surface area contributed by atoms with Crippen LogP contribution in [0, 0.1) is 0 Å². The number of hydrogen-bond acceptors (Lipinski definition) is 7. The monoisotopic (exact) mass is 556 g/mol. The van der Waals surface area contributed by atoms with E-state index in [1.54, 1.807) is 28.8 Å². The molecule has 2 amide bonds. The zero-order valence-corrected chi connectivity index (χ0v) is 23.3. The van der Waals surface area contributed by atoms with Crippen molar-refractivity contribution in [1.82, 2.24) is 19.5 Å². The maximum atomic E-state index is 13.8. The zero-order chi connectivity index (χ0) is 27.9. The summed E-state index contributed by atoms with van der Waals surface area (Å²) in [4.78, 5) is 35.5. The predicted molar refractivity (Wildman–Crippen MR) is 148 cm³/mol. The number of piperidine rings is 1. The van der Waals surface area contributed by atoms with Crippen LogP contribution >= 0.6 is 11.6 Å². The lowest BCUT2D eigenvalue weighted by atomic mass is 10.0. The van der Waals surface area contributed by atoms with Gasteiger partial charge in [-0.05, 0) is 71.2 Å². The van der Waals surface area contributed by atoms with Crippen molar-refractivity contribution in [3.63, 3.8) is 0 Å². The van der Waals surface area contributed by atoms with Crippen LogP contribution in [0.4, 0.5) is 26.9 Å². The highest BCUT2D eigenvalue weighted by Gasteiger charge is 2.38. The molecule has 0 unspecified atom stereocenters. The fraction of sp³-hybridized carbons (Fsp3) is 0.481. The van der Waals surface area contributed by atoms with Crippen LogP contribution in [0.3, 0.4) is 0 Å². The number of carbonyl (C=O) groups is 2. The first-order valence-electron chi connectivity index (χ1n) is 13.1. The van der Waals surface area contributed by atoms with E-state index in [9.17, 15) is 14.7 Å². The van der Waals surface area contributed by atoms with E-state index < -0.39 is 17.8 Å². The van der Waals surface area contributed by atoms with E-state index in [0.29, 0.717) is 66.4 Å².